The summed E-state index contributed by atoms with van der Waals surface area (Å²) in [5.74, 6) is -119. The molecule has 0 aromatic heterocycles. The lowest BCUT2D eigenvalue weighted by molar-refractivity contribution is -0.523. The fraction of sp³-hybridized carbons (Fsp3) is 0.833. The van der Waals surface area contributed by atoms with Crippen LogP contribution in [-0.2, 0) is 9.53 Å². The summed E-state index contributed by atoms with van der Waals surface area (Å²) in [7, 11) is 0. The number of hydrogen-bond acceptors (Lipinski definition) is 2. The monoisotopic (exact) mass is 766 g/mol. The zero-order valence-electron chi connectivity index (χ0n) is 20.7. The summed E-state index contributed by atoms with van der Waals surface area (Å²) in [6.45, 7) is 2.43. The zero-order valence-corrected chi connectivity index (χ0v) is 20.7. The van der Waals surface area contributed by atoms with Gasteiger partial charge in [0, 0.05) is 5.57 Å². The Morgan fingerprint density at radius 2 is 0.681 bits per heavy atom. The number of alkyl halides is 27. The normalized spacial score (nSPS) is 25.3. The standard InChI is InChI=1S/C18H5F27O2/c1-3(2)4(46)47-18(44,45)17(42,43)16(40,41)14(36,37)11(30,31)8(24,25)5(19)6(20,21)9(26,27)12(32,33)15(38,39)13(34,35)10(28,29)7(5,22)23/h1H2,2H3. The van der Waals surface area contributed by atoms with Gasteiger partial charge in [-0.25, -0.2) is 9.18 Å². The molecule has 1 saturated carbocycles. The molecule has 47 heavy (non-hydrogen) atoms. The molecule has 0 atom stereocenters. The molecule has 0 radical (unpaired) electrons. The van der Waals surface area contributed by atoms with Crippen LogP contribution in [0, 0.1) is 0 Å². The second kappa shape index (κ2) is 9.95. The van der Waals surface area contributed by atoms with Crippen LogP contribution in [0.2, 0.25) is 0 Å². The fourth-order valence-electron chi connectivity index (χ4n) is 3.27. The molecule has 0 saturated heterocycles. The Hall–Kier alpha value is -2.68. The van der Waals surface area contributed by atoms with Crippen LogP contribution in [0.5, 0.6) is 0 Å². The Labute approximate surface area is 237 Å². The van der Waals surface area contributed by atoms with E-state index in [1.165, 1.54) is 0 Å². The van der Waals surface area contributed by atoms with Crippen LogP contribution in [0.1, 0.15) is 6.92 Å². The topological polar surface area (TPSA) is 26.3 Å². The Kier molecular flexibility index (Phi) is 8.96. The number of esters is 1. The molecule has 1 rings (SSSR count). The van der Waals surface area contributed by atoms with Crippen LogP contribution in [-0.4, -0.2) is 88.8 Å². The predicted octanol–water partition coefficient (Wildman–Crippen LogP) is 9.04. The third-order valence-corrected chi connectivity index (χ3v) is 6.18. The largest absolute Gasteiger partial charge is 0.473 e. The summed E-state index contributed by atoms with van der Waals surface area (Å²) in [6, 6.07) is 0. The van der Waals surface area contributed by atoms with Gasteiger partial charge in [0.25, 0.3) is 0 Å². The summed E-state index contributed by atoms with van der Waals surface area (Å²) in [6.07, 6.45) is -7.78. The summed E-state index contributed by atoms with van der Waals surface area (Å²) in [5.41, 5.74) is -12.1. The van der Waals surface area contributed by atoms with Gasteiger partial charge < -0.3 is 4.74 Å². The molecule has 278 valence electrons. The Morgan fingerprint density at radius 3 is 0.936 bits per heavy atom. The average molecular weight is 766 g/mol. The van der Waals surface area contributed by atoms with Gasteiger partial charge in [0.1, 0.15) is 0 Å². The first kappa shape index (κ1) is 42.3. The highest BCUT2D eigenvalue weighted by molar-refractivity contribution is 5.87. The number of carbonyl (C=O) groups excluding carboxylic acids is 1. The molecule has 1 fully saturated rings. The molecule has 0 heterocycles. The third kappa shape index (κ3) is 4.22. The van der Waals surface area contributed by atoms with Gasteiger partial charge in [-0.15, -0.1) is 0 Å². The van der Waals surface area contributed by atoms with E-state index in [1.807, 2.05) is 0 Å². The van der Waals surface area contributed by atoms with Crippen molar-refractivity contribution >= 4 is 5.97 Å². The lowest BCUT2D eigenvalue weighted by Crippen LogP contribution is -2.88. The highest BCUT2D eigenvalue weighted by atomic mass is 19.4. The number of carbonyl (C=O) groups is 1. The van der Waals surface area contributed by atoms with Crippen LogP contribution >= 0.6 is 0 Å². The molecule has 0 bridgehead atoms. The van der Waals surface area contributed by atoms with Gasteiger partial charge >= 0.3 is 88.8 Å². The minimum Gasteiger partial charge on any atom is -0.393 e. The van der Waals surface area contributed by atoms with E-state index in [9.17, 15) is 123 Å². The Morgan fingerprint density at radius 1 is 0.447 bits per heavy atom. The number of rotatable bonds is 8. The highest BCUT2D eigenvalue weighted by Gasteiger charge is 3.08. The van der Waals surface area contributed by atoms with Gasteiger partial charge in [0.05, 0.1) is 0 Å². The van der Waals surface area contributed by atoms with E-state index in [4.69, 9.17) is 0 Å². The molecule has 1 aliphatic carbocycles. The van der Waals surface area contributed by atoms with E-state index in [1.54, 1.807) is 0 Å². The van der Waals surface area contributed by atoms with Crippen molar-refractivity contribution in [2.45, 2.75) is 89.8 Å². The van der Waals surface area contributed by atoms with E-state index in [0.29, 0.717) is 0 Å². The van der Waals surface area contributed by atoms with Gasteiger partial charge in [-0.2, -0.15) is 114 Å². The highest BCUT2D eigenvalue weighted by Crippen LogP contribution is 2.75. The molecule has 0 aromatic carbocycles. The molecule has 2 nitrogen and oxygen atoms in total. The van der Waals surface area contributed by atoms with Gasteiger partial charge in [-0.3, -0.25) is 0 Å². The number of ether oxygens (including phenoxy) is 1. The van der Waals surface area contributed by atoms with Crippen molar-refractivity contribution in [3.8, 4) is 0 Å². The van der Waals surface area contributed by atoms with Crippen LogP contribution in [0.3, 0.4) is 0 Å². The van der Waals surface area contributed by atoms with E-state index < -0.39 is 94.4 Å². The maximum atomic E-state index is 14.9. The lowest BCUT2D eigenvalue weighted by atomic mass is 9.68. The van der Waals surface area contributed by atoms with Crippen LogP contribution in [0.4, 0.5) is 119 Å². The van der Waals surface area contributed by atoms with Gasteiger partial charge in [0.15, 0.2) is 0 Å². The number of hydrogen-bond donors (Lipinski definition) is 0. The van der Waals surface area contributed by atoms with Crippen LogP contribution < -0.4 is 0 Å². The first-order chi connectivity index (χ1) is 19.8. The first-order valence-corrected chi connectivity index (χ1v) is 10.3. The van der Waals surface area contributed by atoms with Crippen molar-refractivity contribution in [2.24, 2.45) is 0 Å². The maximum absolute atomic E-state index is 14.9. The molecular weight excluding hydrogens is 761 g/mol. The Balaban J connectivity index is 4.42. The Bertz CT molecular complexity index is 1230. The molecule has 0 unspecified atom stereocenters. The third-order valence-electron chi connectivity index (χ3n) is 6.18. The second-order valence-corrected chi connectivity index (χ2v) is 9.24. The molecule has 0 aromatic rings. The van der Waals surface area contributed by atoms with Gasteiger partial charge in [-0.05, 0) is 6.92 Å². The van der Waals surface area contributed by atoms with Crippen LogP contribution in [0.25, 0.3) is 0 Å². The zero-order chi connectivity index (χ0) is 38.9. The quantitative estimate of drug-likeness (QED) is 0.140. The molecule has 0 spiro atoms. The first-order valence-electron chi connectivity index (χ1n) is 10.3. The number of halogens is 27. The van der Waals surface area contributed by atoms with Crippen LogP contribution in [0.15, 0.2) is 12.2 Å². The van der Waals surface area contributed by atoms with Crippen molar-refractivity contribution < 1.29 is 128 Å². The van der Waals surface area contributed by atoms with E-state index in [2.05, 4.69) is 11.3 Å². The molecule has 0 N–H and O–H groups in total. The predicted molar refractivity (Wildman–Crippen MR) is 89.1 cm³/mol. The van der Waals surface area contributed by atoms with Crippen molar-refractivity contribution in [1.82, 2.24) is 0 Å². The molecular formula is C18H5F27O2. The molecule has 1 aliphatic rings. The minimum atomic E-state index is -10.4. The fourth-order valence-corrected chi connectivity index (χ4v) is 3.27. The van der Waals surface area contributed by atoms with Crippen molar-refractivity contribution in [3.63, 3.8) is 0 Å². The van der Waals surface area contributed by atoms with Crippen molar-refractivity contribution in [1.29, 1.82) is 0 Å². The summed E-state index contributed by atoms with van der Waals surface area (Å²) >= 11 is 0. The lowest BCUT2D eigenvalue weighted by Gasteiger charge is -2.54. The van der Waals surface area contributed by atoms with E-state index in [0.717, 1.165) is 0 Å². The van der Waals surface area contributed by atoms with Gasteiger partial charge in [0.2, 0.25) is 0 Å². The SMILES string of the molecule is C=C(C)C(=O)OC(F)(F)C(F)(F)C(F)(F)C(F)(F)C(F)(F)C(F)(F)C1(F)C(F)(F)C(F)(F)C(F)(F)C(F)(F)C(F)(F)C(F)(F)C1(F)F. The van der Waals surface area contributed by atoms with Crippen molar-refractivity contribution in [2.75, 3.05) is 0 Å². The van der Waals surface area contributed by atoms with Gasteiger partial charge in [-0.1, -0.05) is 6.58 Å². The maximum Gasteiger partial charge on any atom is 0.473 e. The smallest absolute Gasteiger partial charge is 0.393 e. The van der Waals surface area contributed by atoms with E-state index in [-0.39, 0.29) is 6.92 Å². The average Bonchev–Trinajstić information content (AvgIpc) is 2.85. The summed E-state index contributed by atoms with van der Waals surface area (Å²) in [5, 5.41) is 0. The second-order valence-electron chi connectivity index (χ2n) is 9.24. The van der Waals surface area contributed by atoms with E-state index >= 15 is 0 Å². The molecule has 29 heteroatoms. The minimum absolute atomic E-state index is 0.141. The summed E-state index contributed by atoms with van der Waals surface area (Å²) in [4.78, 5) is 10.9. The summed E-state index contributed by atoms with van der Waals surface area (Å²) < 4.78 is 377. The molecule has 0 amide bonds. The molecule has 0 aliphatic heterocycles. The van der Waals surface area contributed by atoms with Crippen molar-refractivity contribution in [3.05, 3.63) is 12.2 Å².